The normalized spacial score (nSPS) is 20.8. The first kappa shape index (κ1) is 10.9. The van der Waals surface area contributed by atoms with Crippen molar-refractivity contribution in [1.29, 1.82) is 0 Å². The van der Waals surface area contributed by atoms with Crippen molar-refractivity contribution >= 4 is 6.09 Å². The van der Waals surface area contributed by atoms with E-state index in [2.05, 4.69) is 0 Å². The molecule has 0 saturated carbocycles. The van der Waals surface area contributed by atoms with Gasteiger partial charge in [0, 0.05) is 6.54 Å². The van der Waals surface area contributed by atoms with Gasteiger partial charge in [0.05, 0.1) is 19.3 Å². The Labute approximate surface area is 92.2 Å². The van der Waals surface area contributed by atoms with Crippen molar-refractivity contribution in [2.24, 2.45) is 0 Å². The number of carboxylic acid groups (broad SMARTS) is 1. The van der Waals surface area contributed by atoms with Crippen LogP contribution in [-0.4, -0.2) is 35.9 Å². The largest absolute Gasteiger partial charge is 0.465 e. The number of morpholine rings is 1. The van der Waals surface area contributed by atoms with E-state index >= 15 is 0 Å². The maximum atomic E-state index is 13.0. The van der Waals surface area contributed by atoms with Crippen molar-refractivity contribution in [3.05, 3.63) is 35.6 Å². The standard InChI is InChI=1S/C11H12FNO3/c12-9-3-1-2-8(6-9)10-7-16-5-4-13(10)11(14)15/h1-3,6,10H,4-5,7H2,(H,14,15). The van der Waals surface area contributed by atoms with Crippen molar-refractivity contribution in [2.75, 3.05) is 19.8 Å². The molecule has 0 aromatic heterocycles. The van der Waals surface area contributed by atoms with E-state index in [9.17, 15) is 9.18 Å². The minimum absolute atomic E-state index is 0.274. The summed E-state index contributed by atoms with van der Waals surface area (Å²) in [4.78, 5) is 12.3. The second kappa shape index (κ2) is 4.49. The van der Waals surface area contributed by atoms with Gasteiger partial charge in [-0.2, -0.15) is 0 Å². The molecule has 1 aliphatic heterocycles. The first-order valence-corrected chi connectivity index (χ1v) is 5.01. The van der Waals surface area contributed by atoms with Gasteiger partial charge >= 0.3 is 6.09 Å². The highest BCUT2D eigenvalue weighted by Gasteiger charge is 2.28. The second-order valence-corrected chi connectivity index (χ2v) is 3.62. The van der Waals surface area contributed by atoms with Crippen LogP contribution in [0.15, 0.2) is 24.3 Å². The highest BCUT2D eigenvalue weighted by atomic mass is 19.1. The number of ether oxygens (including phenoxy) is 1. The van der Waals surface area contributed by atoms with Gasteiger partial charge in [-0.15, -0.1) is 0 Å². The van der Waals surface area contributed by atoms with Gasteiger partial charge in [-0.25, -0.2) is 9.18 Å². The lowest BCUT2D eigenvalue weighted by molar-refractivity contribution is -0.000981. The Bertz CT molecular complexity index is 397. The van der Waals surface area contributed by atoms with E-state index in [-0.39, 0.29) is 12.4 Å². The summed E-state index contributed by atoms with van der Waals surface area (Å²) in [5.41, 5.74) is 0.627. The number of halogens is 1. The molecule has 1 aromatic rings. The fourth-order valence-electron chi connectivity index (χ4n) is 1.82. The van der Waals surface area contributed by atoms with Crippen LogP contribution in [0.1, 0.15) is 11.6 Å². The fraction of sp³-hybridized carbons (Fsp3) is 0.364. The lowest BCUT2D eigenvalue weighted by Gasteiger charge is -2.33. The molecule has 1 unspecified atom stereocenters. The fourth-order valence-corrected chi connectivity index (χ4v) is 1.82. The number of hydrogen-bond donors (Lipinski definition) is 1. The summed E-state index contributed by atoms with van der Waals surface area (Å²) in [6, 6.07) is 5.53. The van der Waals surface area contributed by atoms with E-state index in [1.165, 1.54) is 17.0 Å². The van der Waals surface area contributed by atoms with Crippen molar-refractivity contribution in [2.45, 2.75) is 6.04 Å². The molecule has 2 rings (SSSR count). The summed E-state index contributed by atoms with van der Waals surface area (Å²) in [5.74, 6) is -0.367. The molecule has 1 heterocycles. The SMILES string of the molecule is O=C(O)N1CCOCC1c1cccc(F)c1. The molecule has 1 aromatic carbocycles. The predicted octanol–water partition coefficient (Wildman–Crippen LogP) is 1.88. The van der Waals surface area contributed by atoms with Crippen LogP contribution in [0, 0.1) is 5.82 Å². The van der Waals surface area contributed by atoms with Crippen molar-refractivity contribution in [3.63, 3.8) is 0 Å². The molecule has 1 N–H and O–H groups in total. The smallest absolute Gasteiger partial charge is 0.407 e. The molecule has 1 atom stereocenters. The van der Waals surface area contributed by atoms with Crippen LogP contribution in [0.5, 0.6) is 0 Å². The molecular formula is C11H12FNO3. The molecule has 0 radical (unpaired) electrons. The molecular weight excluding hydrogens is 213 g/mol. The third kappa shape index (κ3) is 2.14. The first-order valence-electron chi connectivity index (χ1n) is 5.01. The van der Waals surface area contributed by atoms with E-state index in [4.69, 9.17) is 9.84 Å². The topological polar surface area (TPSA) is 49.8 Å². The van der Waals surface area contributed by atoms with E-state index in [0.717, 1.165) is 0 Å². The average molecular weight is 225 g/mol. The highest BCUT2D eigenvalue weighted by Crippen LogP contribution is 2.24. The molecule has 0 bridgehead atoms. The van der Waals surface area contributed by atoms with E-state index in [1.807, 2.05) is 0 Å². The van der Waals surface area contributed by atoms with Crippen LogP contribution in [0.3, 0.4) is 0 Å². The summed E-state index contributed by atoms with van der Waals surface area (Å²) in [6.45, 7) is 0.977. The summed E-state index contributed by atoms with van der Waals surface area (Å²) in [6.07, 6.45) is -1.00. The average Bonchev–Trinajstić information content (AvgIpc) is 2.29. The van der Waals surface area contributed by atoms with Gasteiger partial charge in [-0.05, 0) is 17.7 Å². The van der Waals surface area contributed by atoms with Gasteiger partial charge in [0.25, 0.3) is 0 Å². The van der Waals surface area contributed by atoms with Gasteiger partial charge in [0.15, 0.2) is 0 Å². The molecule has 1 saturated heterocycles. The quantitative estimate of drug-likeness (QED) is 0.793. The van der Waals surface area contributed by atoms with E-state index in [0.29, 0.717) is 18.7 Å². The number of benzene rings is 1. The molecule has 86 valence electrons. The molecule has 16 heavy (non-hydrogen) atoms. The van der Waals surface area contributed by atoms with Gasteiger partial charge < -0.3 is 9.84 Å². The zero-order valence-corrected chi connectivity index (χ0v) is 8.60. The van der Waals surface area contributed by atoms with Gasteiger partial charge in [0.2, 0.25) is 0 Å². The van der Waals surface area contributed by atoms with Crippen LogP contribution < -0.4 is 0 Å². The number of carbonyl (C=O) groups is 1. The Hall–Kier alpha value is -1.62. The van der Waals surface area contributed by atoms with Crippen molar-refractivity contribution in [1.82, 2.24) is 4.90 Å². The molecule has 0 spiro atoms. The highest BCUT2D eigenvalue weighted by molar-refractivity contribution is 5.66. The van der Waals surface area contributed by atoms with E-state index in [1.54, 1.807) is 12.1 Å². The Morgan fingerprint density at radius 3 is 3.06 bits per heavy atom. The monoisotopic (exact) mass is 225 g/mol. The van der Waals surface area contributed by atoms with Crippen LogP contribution in [0.2, 0.25) is 0 Å². The number of rotatable bonds is 1. The molecule has 1 aliphatic rings. The molecule has 4 nitrogen and oxygen atoms in total. The lowest BCUT2D eigenvalue weighted by Crippen LogP contribution is -2.42. The molecule has 0 aliphatic carbocycles. The maximum Gasteiger partial charge on any atom is 0.407 e. The van der Waals surface area contributed by atoms with E-state index < -0.39 is 12.1 Å². The summed E-state index contributed by atoms with van der Waals surface area (Å²) >= 11 is 0. The van der Waals surface area contributed by atoms with Crippen LogP contribution in [0.25, 0.3) is 0 Å². The Morgan fingerprint density at radius 1 is 1.56 bits per heavy atom. The third-order valence-corrected chi connectivity index (χ3v) is 2.61. The van der Waals surface area contributed by atoms with Gasteiger partial charge in [-0.3, -0.25) is 4.90 Å². The Balaban J connectivity index is 2.26. The van der Waals surface area contributed by atoms with Crippen LogP contribution in [-0.2, 0) is 4.74 Å². The van der Waals surface area contributed by atoms with Crippen LogP contribution in [0.4, 0.5) is 9.18 Å². The van der Waals surface area contributed by atoms with Gasteiger partial charge in [-0.1, -0.05) is 12.1 Å². The third-order valence-electron chi connectivity index (χ3n) is 2.61. The van der Waals surface area contributed by atoms with Crippen molar-refractivity contribution in [3.8, 4) is 0 Å². The minimum atomic E-state index is -1.00. The molecule has 1 fully saturated rings. The zero-order valence-electron chi connectivity index (χ0n) is 8.60. The zero-order chi connectivity index (χ0) is 11.5. The van der Waals surface area contributed by atoms with Crippen LogP contribution >= 0.6 is 0 Å². The molecule has 1 amide bonds. The first-order chi connectivity index (χ1) is 7.68. The predicted molar refractivity (Wildman–Crippen MR) is 54.7 cm³/mol. The Kier molecular flexibility index (Phi) is 3.05. The minimum Gasteiger partial charge on any atom is -0.465 e. The summed E-state index contributed by atoms with van der Waals surface area (Å²) in [7, 11) is 0. The number of amides is 1. The second-order valence-electron chi connectivity index (χ2n) is 3.62. The van der Waals surface area contributed by atoms with Gasteiger partial charge in [0.1, 0.15) is 5.82 Å². The summed E-state index contributed by atoms with van der Waals surface area (Å²) < 4.78 is 18.3. The maximum absolute atomic E-state index is 13.0. The number of hydrogen-bond acceptors (Lipinski definition) is 2. The molecule has 5 heteroatoms. The lowest BCUT2D eigenvalue weighted by atomic mass is 10.1. The summed E-state index contributed by atoms with van der Waals surface area (Å²) in [5, 5.41) is 9.02. The Morgan fingerprint density at radius 2 is 2.38 bits per heavy atom. The number of nitrogens with zero attached hydrogens (tertiary/aromatic N) is 1. The van der Waals surface area contributed by atoms with Crippen molar-refractivity contribution < 1.29 is 19.0 Å².